The Morgan fingerprint density at radius 3 is 3.12 bits per heavy atom. The van der Waals surface area contributed by atoms with Crippen LogP contribution in [0.2, 0.25) is 0 Å². The highest BCUT2D eigenvalue weighted by Crippen LogP contribution is 2.26. The molecule has 5 nitrogen and oxygen atoms in total. The van der Waals surface area contributed by atoms with E-state index in [9.17, 15) is 0 Å². The van der Waals surface area contributed by atoms with Gasteiger partial charge in [-0.15, -0.1) is 0 Å². The van der Waals surface area contributed by atoms with Crippen LogP contribution >= 0.6 is 11.3 Å². The quantitative estimate of drug-likeness (QED) is 0.800. The first-order valence-corrected chi connectivity index (χ1v) is 5.67. The van der Waals surface area contributed by atoms with E-state index >= 15 is 0 Å². The fraction of sp³-hybridized carbons (Fsp3) is 0.300. The van der Waals surface area contributed by atoms with E-state index in [-0.39, 0.29) is 0 Å². The SMILES string of the molecule is COCCNc1ncc(-c2ccncn2)s1. The van der Waals surface area contributed by atoms with E-state index in [0.717, 1.165) is 22.2 Å². The van der Waals surface area contributed by atoms with Crippen molar-refractivity contribution in [1.29, 1.82) is 0 Å². The van der Waals surface area contributed by atoms with Crippen LogP contribution < -0.4 is 5.32 Å². The van der Waals surface area contributed by atoms with E-state index in [1.54, 1.807) is 24.6 Å². The summed E-state index contributed by atoms with van der Waals surface area (Å²) >= 11 is 1.57. The lowest BCUT2D eigenvalue weighted by Gasteiger charge is -1.99. The average Bonchev–Trinajstić information content (AvgIpc) is 2.79. The molecule has 2 aromatic heterocycles. The van der Waals surface area contributed by atoms with Crippen molar-refractivity contribution < 1.29 is 4.74 Å². The summed E-state index contributed by atoms with van der Waals surface area (Å²) in [6, 6.07) is 1.87. The van der Waals surface area contributed by atoms with Crippen LogP contribution in [-0.2, 0) is 4.74 Å². The predicted octanol–water partition coefficient (Wildman–Crippen LogP) is 1.66. The van der Waals surface area contributed by atoms with Crippen LogP contribution in [0.25, 0.3) is 10.6 Å². The Bertz CT molecular complexity index is 431. The Labute approximate surface area is 97.5 Å². The van der Waals surface area contributed by atoms with E-state index in [2.05, 4.69) is 20.3 Å². The second kappa shape index (κ2) is 5.53. The summed E-state index contributed by atoms with van der Waals surface area (Å²) < 4.78 is 4.95. The molecule has 2 aromatic rings. The fourth-order valence-corrected chi connectivity index (χ4v) is 1.99. The zero-order valence-corrected chi connectivity index (χ0v) is 9.70. The molecule has 0 saturated heterocycles. The molecule has 0 spiro atoms. The van der Waals surface area contributed by atoms with Gasteiger partial charge in [-0.1, -0.05) is 11.3 Å². The smallest absolute Gasteiger partial charge is 0.183 e. The monoisotopic (exact) mass is 236 g/mol. The first-order chi connectivity index (χ1) is 7.90. The summed E-state index contributed by atoms with van der Waals surface area (Å²) in [7, 11) is 1.68. The highest BCUT2D eigenvalue weighted by molar-refractivity contribution is 7.18. The minimum absolute atomic E-state index is 0.669. The van der Waals surface area contributed by atoms with Gasteiger partial charge in [0.1, 0.15) is 6.33 Å². The molecule has 2 heterocycles. The molecule has 0 aliphatic rings. The molecule has 0 aliphatic heterocycles. The lowest BCUT2D eigenvalue weighted by Crippen LogP contribution is -2.06. The van der Waals surface area contributed by atoms with Crippen LogP contribution in [-0.4, -0.2) is 35.2 Å². The molecular weight excluding hydrogens is 224 g/mol. The molecule has 0 radical (unpaired) electrons. The summed E-state index contributed by atoms with van der Waals surface area (Å²) in [6.45, 7) is 1.43. The molecule has 0 aliphatic carbocycles. The lowest BCUT2D eigenvalue weighted by atomic mass is 10.4. The molecule has 1 N–H and O–H groups in total. The Morgan fingerprint density at radius 2 is 2.38 bits per heavy atom. The van der Waals surface area contributed by atoms with Crippen LogP contribution in [0.15, 0.2) is 24.8 Å². The zero-order valence-electron chi connectivity index (χ0n) is 8.88. The van der Waals surface area contributed by atoms with Crippen LogP contribution in [0.4, 0.5) is 5.13 Å². The number of anilines is 1. The van der Waals surface area contributed by atoms with Crippen LogP contribution in [0.3, 0.4) is 0 Å². The number of ether oxygens (including phenoxy) is 1. The van der Waals surface area contributed by atoms with Crippen molar-refractivity contribution in [2.24, 2.45) is 0 Å². The van der Waals surface area contributed by atoms with Crippen molar-refractivity contribution in [3.63, 3.8) is 0 Å². The molecule has 16 heavy (non-hydrogen) atoms. The van der Waals surface area contributed by atoms with Crippen molar-refractivity contribution in [2.75, 3.05) is 25.6 Å². The zero-order chi connectivity index (χ0) is 11.2. The van der Waals surface area contributed by atoms with Gasteiger partial charge in [0.2, 0.25) is 0 Å². The second-order valence-electron chi connectivity index (χ2n) is 3.04. The van der Waals surface area contributed by atoms with E-state index < -0.39 is 0 Å². The van der Waals surface area contributed by atoms with Gasteiger partial charge in [-0.25, -0.2) is 15.0 Å². The summed E-state index contributed by atoms with van der Waals surface area (Å²) in [5.41, 5.74) is 0.896. The first-order valence-electron chi connectivity index (χ1n) is 4.85. The standard InChI is InChI=1S/C10H12N4OS/c1-15-5-4-12-10-13-6-9(16-10)8-2-3-11-7-14-8/h2-3,6-7H,4-5H2,1H3,(H,12,13). The summed E-state index contributed by atoms with van der Waals surface area (Å²) in [5.74, 6) is 0. The van der Waals surface area contributed by atoms with Crippen molar-refractivity contribution >= 4 is 16.5 Å². The maximum absolute atomic E-state index is 4.95. The topological polar surface area (TPSA) is 59.9 Å². The van der Waals surface area contributed by atoms with Gasteiger partial charge >= 0.3 is 0 Å². The molecule has 84 valence electrons. The van der Waals surface area contributed by atoms with E-state index in [0.29, 0.717) is 6.61 Å². The minimum atomic E-state index is 0.669. The number of nitrogens with one attached hydrogen (secondary N) is 1. The van der Waals surface area contributed by atoms with Gasteiger partial charge in [0.25, 0.3) is 0 Å². The van der Waals surface area contributed by atoms with Gasteiger partial charge in [0, 0.05) is 26.0 Å². The molecular formula is C10H12N4OS. The second-order valence-corrected chi connectivity index (χ2v) is 4.07. The summed E-state index contributed by atoms with van der Waals surface area (Å²) in [6.07, 6.45) is 5.06. The van der Waals surface area contributed by atoms with Gasteiger partial charge in [-0.2, -0.15) is 0 Å². The lowest BCUT2D eigenvalue weighted by molar-refractivity contribution is 0.211. The summed E-state index contributed by atoms with van der Waals surface area (Å²) in [5, 5.41) is 4.05. The highest BCUT2D eigenvalue weighted by Gasteiger charge is 2.04. The minimum Gasteiger partial charge on any atom is -0.383 e. The van der Waals surface area contributed by atoms with E-state index in [1.165, 1.54) is 6.33 Å². The third kappa shape index (κ3) is 2.74. The highest BCUT2D eigenvalue weighted by atomic mass is 32.1. The Morgan fingerprint density at radius 1 is 1.44 bits per heavy atom. The van der Waals surface area contributed by atoms with E-state index in [1.807, 2.05) is 12.3 Å². The number of rotatable bonds is 5. The number of thiazole rings is 1. The normalized spacial score (nSPS) is 10.3. The predicted molar refractivity (Wildman–Crippen MR) is 63.5 cm³/mol. The third-order valence-electron chi connectivity index (χ3n) is 1.92. The van der Waals surface area contributed by atoms with Crippen LogP contribution in [0.5, 0.6) is 0 Å². The van der Waals surface area contributed by atoms with Crippen molar-refractivity contribution in [2.45, 2.75) is 0 Å². The van der Waals surface area contributed by atoms with Gasteiger partial charge < -0.3 is 10.1 Å². The molecule has 6 heteroatoms. The maximum Gasteiger partial charge on any atom is 0.183 e. The number of hydrogen-bond acceptors (Lipinski definition) is 6. The maximum atomic E-state index is 4.95. The third-order valence-corrected chi connectivity index (χ3v) is 2.90. The number of methoxy groups -OCH3 is 1. The molecule has 0 atom stereocenters. The fourth-order valence-electron chi connectivity index (χ4n) is 1.17. The molecule has 0 aromatic carbocycles. The molecule has 0 fully saturated rings. The number of hydrogen-bond donors (Lipinski definition) is 1. The van der Waals surface area contributed by atoms with Crippen LogP contribution in [0, 0.1) is 0 Å². The summed E-state index contributed by atoms with van der Waals surface area (Å²) in [4.78, 5) is 13.3. The van der Waals surface area contributed by atoms with Crippen molar-refractivity contribution in [3.8, 4) is 10.6 Å². The Balaban J connectivity index is 2.02. The van der Waals surface area contributed by atoms with Crippen LogP contribution in [0.1, 0.15) is 0 Å². The van der Waals surface area contributed by atoms with Crippen molar-refractivity contribution in [3.05, 3.63) is 24.8 Å². The van der Waals surface area contributed by atoms with Gasteiger partial charge in [-0.3, -0.25) is 0 Å². The molecule has 2 rings (SSSR count). The molecule has 0 unspecified atom stereocenters. The first kappa shape index (κ1) is 11.0. The van der Waals surface area contributed by atoms with Gasteiger partial charge in [0.05, 0.1) is 17.2 Å². The van der Waals surface area contributed by atoms with Gasteiger partial charge in [-0.05, 0) is 6.07 Å². The number of aromatic nitrogens is 3. The largest absolute Gasteiger partial charge is 0.383 e. The average molecular weight is 236 g/mol. The van der Waals surface area contributed by atoms with Gasteiger partial charge in [0.15, 0.2) is 5.13 Å². The van der Waals surface area contributed by atoms with Crippen molar-refractivity contribution in [1.82, 2.24) is 15.0 Å². The molecule has 0 bridgehead atoms. The Kier molecular flexibility index (Phi) is 3.79. The molecule has 0 amide bonds. The molecule has 0 saturated carbocycles. The van der Waals surface area contributed by atoms with E-state index in [4.69, 9.17) is 4.74 Å². The number of nitrogens with zero attached hydrogens (tertiary/aromatic N) is 3. The Hall–Kier alpha value is -1.53.